The molecule has 2 fully saturated rings. The summed E-state index contributed by atoms with van der Waals surface area (Å²) < 4.78 is 0. The molecule has 0 aromatic carbocycles. The van der Waals surface area contributed by atoms with Crippen LogP contribution >= 0.6 is 11.3 Å². The van der Waals surface area contributed by atoms with Crippen molar-refractivity contribution in [1.29, 1.82) is 0 Å². The molecule has 18 heavy (non-hydrogen) atoms. The van der Waals surface area contributed by atoms with Crippen molar-refractivity contribution in [1.82, 2.24) is 4.98 Å². The van der Waals surface area contributed by atoms with Crippen molar-refractivity contribution < 1.29 is 5.11 Å². The maximum absolute atomic E-state index is 9.90. The summed E-state index contributed by atoms with van der Waals surface area (Å²) in [4.78, 5) is 7.69. The zero-order valence-electron chi connectivity index (χ0n) is 11.4. The molecule has 1 heterocycles. The van der Waals surface area contributed by atoms with Gasteiger partial charge in [0, 0.05) is 13.1 Å². The number of rotatable bonds is 3. The monoisotopic (exact) mass is 266 g/mol. The molecule has 3 rings (SSSR count). The van der Waals surface area contributed by atoms with Gasteiger partial charge in [0.1, 0.15) is 0 Å². The number of thiazole rings is 1. The highest BCUT2D eigenvalue weighted by molar-refractivity contribution is 7.16. The fourth-order valence-electron chi connectivity index (χ4n) is 3.67. The highest BCUT2D eigenvalue weighted by atomic mass is 32.1. The fraction of sp³-hybridized carbons (Fsp3) is 0.786. The van der Waals surface area contributed by atoms with Crippen molar-refractivity contribution in [2.45, 2.75) is 51.5 Å². The number of aromatic hydroxyl groups is 1. The summed E-state index contributed by atoms with van der Waals surface area (Å²) in [6, 6.07) is 0.648. The SMILES string of the molecule is CC(C)c1sc(N(C)[C@H]2C[C@@H]3CC[C@H]2C3)nc1O. The Labute approximate surface area is 113 Å². The van der Waals surface area contributed by atoms with E-state index in [0.29, 0.717) is 12.0 Å². The normalized spacial score (nSPS) is 30.3. The number of nitrogens with zero attached hydrogens (tertiary/aromatic N) is 2. The number of hydrogen-bond acceptors (Lipinski definition) is 4. The zero-order chi connectivity index (χ0) is 12.9. The van der Waals surface area contributed by atoms with Gasteiger partial charge in [0.15, 0.2) is 5.13 Å². The molecule has 2 saturated carbocycles. The van der Waals surface area contributed by atoms with Gasteiger partial charge >= 0.3 is 0 Å². The van der Waals surface area contributed by atoms with Crippen LogP contribution in [-0.4, -0.2) is 23.2 Å². The highest BCUT2D eigenvalue weighted by Crippen LogP contribution is 2.48. The highest BCUT2D eigenvalue weighted by Gasteiger charge is 2.42. The molecular formula is C14H22N2OS. The Morgan fingerprint density at radius 2 is 2.11 bits per heavy atom. The Kier molecular flexibility index (Phi) is 3.00. The number of fused-ring (bicyclic) bond motifs is 2. The van der Waals surface area contributed by atoms with E-state index in [1.165, 1.54) is 25.7 Å². The average molecular weight is 266 g/mol. The second kappa shape index (κ2) is 4.41. The second-order valence-corrected chi connectivity index (χ2v) is 7.20. The van der Waals surface area contributed by atoms with E-state index in [9.17, 15) is 5.11 Å². The van der Waals surface area contributed by atoms with Crippen LogP contribution in [0.15, 0.2) is 0 Å². The molecule has 2 aliphatic carbocycles. The van der Waals surface area contributed by atoms with Crippen LogP contribution in [-0.2, 0) is 0 Å². The quantitative estimate of drug-likeness (QED) is 0.908. The van der Waals surface area contributed by atoms with E-state index in [2.05, 4.69) is 30.8 Å². The lowest BCUT2D eigenvalue weighted by atomic mass is 9.95. The van der Waals surface area contributed by atoms with E-state index in [-0.39, 0.29) is 5.88 Å². The molecule has 0 aliphatic heterocycles. The Bertz CT molecular complexity index is 443. The van der Waals surface area contributed by atoms with Gasteiger partial charge in [-0.05, 0) is 37.0 Å². The molecular weight excluding hydrogens is 244 g/mol. The summed E-state index contributed by atoms with van der Waals surface area (Å²) in [6.07, 6.45) is 5.53. The first-order chi connectivity index (χ1) is 8.56. The van der Waals surface area contributed by atoms with Gasteiger partial charge in [-0.25, -0.2) is 0 Å². The molecule has 3 atom stereocenters. The van der Waals surface area contributed by atoms with Crippen LogP contribution in [0.1, 0.15) is 50.3 Å². The molecule has 3 nitrogen and oxygen atoms in total. The maximum Gasteiger partial charge on any atom is 0.227 e. The van der Waals surface area contributed by atoms with Crippen molar-refractivity contribution in [3.05, 3.63) is 4.88 Å². The summed E-state index contributed by atoms with van der Waals surface area (Å²) in [5.74, 6) is 2.39. The van der Waals surface area contributed by atoms with Crippen LogP contribution in [0, 0.1) is 11.8 Å². The summed E-state index contributed by atoms with van der Waals surface area (Å²) in [5.41, 5.74) is 0. The lowest BCUT2D eigenvalue weighted by Crippen LogP contribution is -2.35. The fourth-order valence-corrected chi connectivity index (χ4v) is 4.65. The molecule has 1 N–H and O–H groups in total. The van der Waals surface area contributed by atoms with Gasteiger partial charge in [-0.1, -0.05) is 31.6 Å². The average Bonchev–Trinajstić information content (AvgIpc) is 3.01. The van der Waals surface area contributed by atoms with Crippen molar-refractivity contribution in [2.75, 3.05) is 11.9 Å². The molecule has 0 unspecified atom stereocenters. The van der Waals surface area contributed by atoms with E-state index < -0.39 is 0 Å². The van der Waals surface area contributed by atoms with Crippen LogP contribution in [0.4, 0.5) is 5.13 Å². The zero-order valence-corrected chi connectivity index (χ0v) is 12.2. The Balaban J connectivity index is 1.80. The van der Waals surface area contributed by atoms with Gasteiger partial charge in [0.05, 0.1) is 4.88 Å². The maximum atomic E-state index is 9.90. The van der Waals surface area contributed by atoms with Crippen molar-refractivity contribution in [3.63, 3.8) is 0 Å². The molecule has 100 valence electrons. The third kappa shape index (κ3) is 1.91. The molecule has 0 spiro atoms. The van der Waals surface area contributed by atoms with Gasteiger partial charge in [-0.2, -0.15) is 4.98 Å². The number of aromatic nitrogens is 1. The third-order valence-corrected chi connectivity index (χ3v) is 6.08. The van der Waals surface area contributed by atoms with Gasteiger partial charge < -0.3 is 10.0 Å². The largest absolute Gasteiger partial charge is 0.492 e. The first-order valence-electron chi connectivity index (χ1n) is 6.98. The predicted octanol–water partition coefficient (Wildman–Crippen LogP) is 3.60. The minimum absolute atomic E-state index is 0.236. The van der Waals surface area contributed by atoms with Crippen molar-refractivity contribution in [2.24, 2.45) is 11.8 Å². The molecule has 2 aliphatic rings. The topological polar surface area (TPSA) is 36.4 Å². The van der Waals surface area contributed by atoms with E-state index in [4.69, 9.17) is 0 Å². The summed E-state index contributed by atoms with van der Waals surface area (Å²) in [6.45, 7) is 4.21. The summed E-state index contributed by atoms with van der Waals surface area (Å²) in [5, 5.41) is 10.9. The first kappa shape index (κ1) is 12.3. The Hall–Kier alpha value is -0.770. The van der Waals surface area contributed by atoms with Crippen LogP contribution in [0.25, 0.3) is 0 Å². The van der Waals surface area contributed by atoms with Gasteiger partial charge in [-0.15, -0.1) is 0 Å². The molecule has 1 aromatic rings. The Morgan fingerprint density at radius 3 is 2.61 bits per heavy atom. The van der Waals surface area contributed by atoms with E-state index >= 15 is 0 Å². The lowest BCUT2D eigenvalue weighted by Gasteiger charge is -2.31. The smallest absolute Gasteiger partial charge is 0.227 e. The minimum atomic E-state index is 0.236. The lowest BCUT2D eigenvalue weighted by molar-refractivity contribution is 0.403. The number of anilines is 1. The van der Waals surface area contributed by atoms with Crippen LogP contribution in [0.2, 0.25) is 0 Å². The molecule has 0 radical (unpaired) electrons. The van der Waals surface area contributed by atoms with Gasteiger partial charge in [0.25, 0.3) is 0 Å². The second-order valence-electron chi connectivity index (χ2n) is 6.19. The van der Waals surface area contributed by atoms with Gasteiger partial charge in [-0.3, -0.25) is 0 Å². The summed E-state index contributed by atoms with van der Waals surface area (Å²) >= 11 is 1.65. The molecule has 1 aromatic heterocycles. The first-order valence-corrected chi connectivity index (χ1v) is 7.80. The third-order valence-electron chi connectivity index (χ3n) is 4.65. The molecule has 2 bridgehead atoms. The van der Waals surface area contributed by atoms with Crippen molar-refractivity contribution in [3.8, 4) is 5.88 Å². The predicted molar refractivity (Wildman–Crippen MR) is 75.5 cm³/mol. The van der Waals surface area contributed by atoms with E-state index in [1.807, 2.05) is 0 Å². The molecule has 0 saturated heterocycles. The van der Waals surface area contributed by atoms with Crippen LogP contribution in [0.3, 0.4) is 0 Å². The standard InChI is InChI=1S/C14H22N2OS/c1-8(2)12-13(17)15-14(18-12)16(3)11-7-9-4-5-10(11)6-9/h8-11,17H,4-7H2,1-3H3/t9-,10+,11+/m1/s1. The van der Waals surface area contributed by atoms with Gasteiger partial charge in [0.2, 0.25) is 5.88 Å². The van der Waals surface area contributed by atoms with Crippen molar-refractivity contribution >= 4 is 16.5 Å². The van der Waals surface area contributed by atoms with Crippen LogP contribution in [0.5, 0.6) is 5.88 Å². The molecule has 0 amide bonds. The Morgan fingerprint density at radius 1 is 1.33 bits per heavy atom. The van der Waals surface area contributed by atoms with Crippen LogP contribution < -0.4 is 4.90 Å². The van der Waals surface area contributed by atoms with E-state index in [1.54, 1.807) is 11.3 Å². The number of hydrogen-bond donors (Lipinski definition) is 1. The molecule has 4 heteroatoms. The summed E-state index contributed by atoms with van der Waals surface area (Å²) in [7, 11) is 2.15. The van der Waals surface area contributed by atoms with E-state index in [0.717, 1.165) is 21.8 Å². The minimum Gasteiger partial charge on any atom is -0.492 e.